The molecule has 0 bridgehead atoms. The Hall–Kier alpha value is -3.19. The fourth-order valence-corrected chi connectivity index (χ4v) is 11.5. The van der Waals surface area contributed by atoms with Gasteiger partial charge >= 0.3 is 6.03 Å². The summed E-state index contributed by atoms with van der Waals surface area (Å²) in [6, 6.07) is 20.8. The average Bonchev–Trinajstić information content (AvgIpc) is 3.34. The summed E-state index contributed by atoms with van der Waals surface area (Å²) in [6.07, 6.45) is 0. The second-order valence-corrected chi connectivity index (χ2v) is 22.4. The van der Waals surface area contributed by atoms with Crippen molar-refractivity contribution in [3.05, 3.63) is 126 Å². The minimum absolute atomic E-state index is 0.00740. The molecule has 0 saturated carbocycles. The summed E-state index contributed by atoms with van der Waals surface area (Å²) in [5, 5.41) is 7.80. The highest BCUT2D eigenvalue weighted by atomic mass is 35.5. The van der Waals surface area contributed by atoms with Gasteiger partial charge in [-0.15, -0.1) is 0 Å². The molecular weight excluding hydrogens is 1050 g/mol. The van der Waals surface area contributed by atoms with Gasteiger partial charge < -0.3 is 48.9 Å². The molecule has 0 radical (unpaired) electrons. The van der Waals surface area contributed by atoms with Gasteiger partial charge in [0.05, 0.1) is 89.1 Å². The summed E-state index contributed by atoms with van der Waals surface area (Å²) in [5.41, 5.74) is 6.12. The van der Waals surface area contributed by atoms with Crippen LogP contribution in [0, 0.1) is 0 Å². The molecule has 23 heteroatoms. The maximum Gasteiger partial charge on any atom is 0.314 e. The van der Waals surface area contributed by atoms with Crippen LogP contribution in [-0.2, 0) is 61.6 Å². The number of likely N-dealkylation sites (N-methyl/N-ethyl adjacent to an activating group) is 2. The Morgan fingerprint density at radius 2 is 0.819 bits per heavy atom. The topological polar surface area (TPSA) is 195 Å². The highest BCUT2D eigenvalue weighted by molar-refractivity contribution is 7.89. The predicted molar refractivity (Wildman–Crippen MR) is 279 cm³/mol. The van der Waals surface area contributed by atoms with Crippen molar-refractivity contribution in [1.29, 1.82) is 0 Å². The fraction of sp³-hybridized carbons (Fsp3) is 0.490. The molecule has 0 spiro atoms. The van der Waals surface area contributed by atoms with E-state index in [-0.39, 0.29) is 67.2 Å². The quantitative estimate of drug-likeness (QED) is 0.0438. The summed E-state index contributed by atoms with van der Waals surface area (Å²) in [7, 11) is -3.41. The van der Waals surface area contributed by atoms with E-state index in [9.17, 15) is 21.6 Å². The number of nitrogens with zero attached hydrogens (tertiary/aromatic N) is 2. The second kappa shape index (κ2) is 29.2. The Morgan fingerprint density at radius 1 is 0.500 bits per heavy atom. The van der Waals surface area contributed by atoms with Gasteiger partial charge in [0.2, 0.25) is 20.0 Å². The number of nitrogens with one attached hydrogen (secondary N) is 4. The smallest absolute Gasteiger partial charge is 0.314 e. The van der Waals surface area contributed by atoms with Crippen LogP contribution in [0.1, 0.15) is 45.2 Å². The normalized spacial score (nSPS) is 16.4. The third kappa shape index (κ3) is 18.0. The van der Waals surface area contributed by atoms with Crippen molar-refractivity contribution in [3.8, 4) is 0 Å². The number of benzene rings is 4. The van der Waals surface area contributed by atoms with Crippen molar-refractivity contribution in [3.63, 3.8) is 0 Å². The van der Waals surface area contributed by atoms with Gasteiger partial charge in [-0.1, -0.05) is 70.7 Å². The van der Waals surface area contributed by atoms with E-state index in [0.29, 0.717) is 86.0 Å². The minimum atomic E-state index is -3.73. The first kappa shape index (κ1) is 58.1. The molecule has 4 N–H and O–H groups in total. The molecule has 0 fully saturated rings. The zero-order chi connectivity index (χ0) is 51.5. The van der Waals surface area contributed by atoms with Crippen LogP contribution >= 0.6 is 46.4 Å². The molecule has 0 saturated heterocycles. The fourth-order valence-electron chi connectivity index (χ4n) is 8.30. The molecule has 2 amide bonds. The summed E-state index contributed by atoms with van der Waals surface area (Å²) in [6.45, 7) is 7.26. The number of hydrogen-bond donors (Lipinski definition) is 4. The monoisotopic (exact) mass is 1120 g/mol. The van der Waals surface area contributed by atoms with Crippen molar-refractivity contribution < 1.29 is 50.1 Å². The molecule has 2 unspecified atom stereocenters. The minimum Gasteiger partial charge on any atom is -0.378 e. The van der Waals surface area contributed by atoms with Crippen LogP contribution < -0.4 is 20.1 Å². The predicted octanol–water partition coefficient (Wildman–Crippen LogP) is 6.11. The molecule has 2 aliphatic heterocycles. The number of rotatable bonds is 30. The van der Waals surface area contributed by atoms with Crippen LogP contribution in [0.3, 0.4) is 0 Å². The lowest BCUT2D eigenvalue weighted by molar-refractivity contribution is 0.0160. The van der Waals surface area contributed by atoms with E-state index >= 15 is 0 Å². The van der Waals surface area contributed by atoms with Crippen LogP contribution in [0.4, 0.5) is 4.79 Å². The first-order valence-corrected chi connectivity index (χ1v) is 28.1. The number of urea groups is 1. The molecule has 2 heterocycles. The zero-order valence-corrected chi connectivity index (χ0v) is 45.1. The molecule has 0 aliphatic carbocycles. The Balaban J connectivity index is 0.689. The van der Waals surface area contributed by atoms with E-state index in [1.54, 1.807) is 36.4 Å². The summed E-state index contributed by atoms with van der Waals surface area (Å²) in [5.74, 6) is 0.0148. The summed E-state index contributed by atoms with van der Waals surface area (Å²) in [4.78, 5) is 16.7. The third-order valence-electron chi connectivity index (χ3n) is 11.8. The highest BCUT2D eigenvalue weighted by Crippen LogP contribution is 2.40. The molecule has 17 nitrogen and oxygen atoms in total. The van der Waals surface area contributed by atoms with Gasteiger partial charge in [-0.2, -0.15) is 0 Å². The van der Waals surface area contributed by atoms with Crippen molar-refractivity contribution in [2.75, 3.05) is 133 Å². The summed E-state index contributed by atoms with van der Waals surface area (Å²) < 4.78 is 89.7. The number of carbonyl (C=O) groups excluding carboxylic acids is 1. The van der Waals surface area contributed by atoms with E-state index in [1.165, 1.54) is 0 Å². The lowest BCUT2D eigenvalue weighted by Crippen LogP contribution is -2.39. The molecule has 4 aromatic rings. The van der Waals surface area contributed by atoms with Crippen LogP contribution in [0.25, 0.3) is 0 Å². The van der Waals surface area contributed by atoms with Gasteiger partial charge in [0, 0.05) is 84.3 Å². The summed E-state index contributed by atoms with van der Waals surface area (Å²) >= 11 is 25.6. The highest BCUT2D eigenvalue weighted by Gasteiger charge is 2.29. The second-order valence-electron chi connectivity index (χ2n) is 17.2. The van der Waals surface area contributed by atoms with Crippen LogP contribution in [0.15, 0.2) is 82.6 Å². The Bertz CT molecular complexity index is 2410. The SMILES string of the molecule is CN1Cc2c(Cl)cc(Cl)cc2C(c2ccc(S(=O)(=O)NCCOCCOCCOCCNC(=O)NCCOCCOCCOCCNS(=O)(=O)c3ccc(C4CN(C)Cc5c(Cl)cc(Cl)cc54)cc3)cc2)C1. The maximum absolute atomic E-state index is 12.9. The van der Waals surface area contributed by atoms with Crippen LogP contribution in [0.2, 0.25) is 20.1 Å². The van der Waals surface area contributed by atoms with Crippen molar-refractivity contribution in [2.45, 2.75) is 34.7 Å². The van der Waals surface area contributed by atoms with Gasteiger partial charge in [-0.3, -0.25) is 0 Å². The number of fused-ring (bicyclic) bond motifs is 2. The van der Waals surface area contributed by atoms with E-state index in [4.69, 9.17) is 74.8 Å². The third-order valence-corrected chi connectivity index (χ3v) is 15.9. The number of carbonyl (C=O) groups is 1. The van der Waals surface area contributed by atoms with Gasteiger partial charge in [0.25, 0.3) is 0 Å². The Morgan fingerprint density at radius 3 is 1.17 bits per heavy atom. The molecule has 4 aromatic carbocycles. The number of hydrogen-bond acceptors (Lipinski definition) is 13. The lowest BCUT2D eigenvalue weighted by Gasteiger charge is -2.33. The standard InChI is InChI=1S/C49H64Cl4N6O11S2/c1-58-31-43(41-27-37(50)29-47(52)45(41)33-58)35-3-7-39(8-4-35)71(61,62)56-13-17-67-21-25-69-23-19-65-15-11-54-49(60)55-12-16-66-20-24-70-26-22-68-18-14-57-72(63,64)40-9-5-36(6-10-40)44-32-59(2)34-46-42(44)28-38(51)30-48(46)53/h3-10,27-30,43-44,56-57H,11-26,31-34H2,1-2H3,(H2,54,55,60). The first-order valence-electron chi connectivity index (χ1n) is 23.6. The Kier molecular flexibility index (Phi) is 23.6. The number of ether oxygens (including phenoxy) is 6. The van der Waals surface area contributed by atoms with E-state index < -0.39 is 20.0 Å². The average molecular weight is 1120 g/mol. The maximum atomic E-state index is 12.9. The van der Waals surface area contributed by atoms with Crippen LogP contribution in [-0.4, -0.2) is 165 Å². The molecule has 2 atom stereocenters. The Labute approximate surface area is 443 Å². The largest absolute Gasteiger partial charge is 0.378 e. The molecule has 0 aromatic heterocycles. The van der Waals surface area contributed by atoms with Gasteiger partial charge in [-0.05, 0) is 96.0 Å². The number of sulfonamides is 2. The van der Waals surface area contributed by atoms with Crippen LogP contribution in [0.5, 0.6) is 0 Å². The zero-order valence-electron chi connectivity index (χ0n) is 40.4. The van der Waals surface area contributed by atoms with E-state index in [1.807, 2.05) is 50.5 Å². The first-order chi connectivity index (χ1) is 34.6. The molecular formula is C49H64Cl4N6O11S2. The van der Waals surface area contributed by atoms with Gasteiger partial charge in [-0.25, -0.2) is 31.1 Å². The van der Waals surface area contributed by atoms with Gasteiger partial charge in [0.1, 0.15) is 0 Å². The van der Waals surface area contributed by atoms with E-state index in [0.717, 1.165) is 59.6 Å². The van der Waals surface area contributed by atoms with Crippen molar-refractivity contribution in [2.24, 2.45) is 0 Å². The molecule has 396 valence electrons. The number of amides is 2. The number of halogens is 4. The van der Waals surface area contributed by atoms with Crippen molar-refractivity contribution in [1.82, 2.24) is 29.9 Å². The van der Waals surface area contributed by atoms with E-state index in [2.05, 4.69) is 29.9 Å². The molecule has 72 heavy (non-hydrogen) atoms. The lowest BCUT2D eigenvalue weighted by atomic mass is 9.85. The molecule has 2 aliphatic rings. The molecule has 6 rings (SSSR count). The van der Waals surface area contributed by atoms with Gasteiger partial charge in [0.15, 0.2) is 0 Å². The van der Waals surface area contributed by atoms with Crippen molar-refractivity contribution >= 4 is 72.5 Å².